The second-order valence-electron chi connectivity index (χ2n) is 5.27. The van der Waals surface area contributed by atoms with Gasteiger partial charge < -0.3 is 4.74 Å². The molecular weight excluding hydrogens is 356 g/mol. The maximum absolute atomic E-state index is 12.4. The first kappa shape index (κ1) is 16.7. The van der Waals surface area contributed by atoms with Crippen molar-refractivity contribution in [2.45, 2.75) is 17.4 Å². The second-order valence-corrected chi connectivity index (χ2v) is 7.44. The third kappa shape index (κ3) is 3.35. The standard InChI is InChI=1S/C15H13ClN2O5S/c16-11-5-6-15(13(8-11)18(19)20)24(21,22)17-9-12-7-10-3-1-2-4-14(10)23-12/h1-6,8,12,17H,7,9H2. The van der Waals surface area contributed by atoms with Crippen molar-refractivity contribution >= 4 is 27.3 Å². The van der Waals surface area contributed by atoms with Gasteiger partial charge in [-0.15, -0.1) is 0 Å². The van der Waals surface area contributed by atoms with Crippen molar-refractivity contribution in [3.63, 3.8) is 0 Å². The fourth-order valence-electron chi connectivity index (χ4n) is 2.51. The molecule has 1 aliphatic heterocycles. The first-order chi connectivity index (χ1) is 11.4. The van der Waals surface area contributed by atoms with Crippen LogP contribution >= 0.6 is 11.6 Å². The van der Waals surface area contributed by atoms with E-state index in [2.05, 4.69) is 4.72 Å². The Bertz CT molecular complexity index is 875. The smallest absolute Gasteiger partial charge is 0.290 e. The van der Waals surface area contributed by atoms with E-state index in [9.17, 15) is 18.5 Å². The van der Waals surface area contributed by atoms with Crippen molar-refractivity contribution in [3.8, 4) is 5.75 Å². The van der Waals surface area contributed by atoms with Crippen LogP contribution in [0.1, 0.15) is 5.56 Å². The second kappa shape index (κ2) is 6.39. The number of para-hydroxylation sites is 1. The number of rotatable bonds is 5. The van der Waals surface area contributed by atoms with Crippen molar-refractivity contribution in [2.24, 2.45) is 0 Å². The predicted octanol–water partition coefficient (Wildman–Crippen LogP) is 2.53. The Hall–Kier alpha value is -2.16. The number of nitro benzene ring substituents is 1. The molecule has 1 atom stereocenters. The van der Waals surface area contributed by atoms with Crippen molar-refractivity contribution in [1.29, 1.82) is 0 Å². The molecule has 0 spiro atoms. The summed E-state index contributed by atoms with van der Waals surface area (Å²) in [5.41, 5.74) is 0.435. The Balaban J connectivity index is 1.75. The fraction of sp³-hybridized carbons (Fsp3) is 0.200. The molecular formula is C15H13ClN2O5S. The summed E-state index contributed by atoms with van der Waals surface area (Å²) < 4.78 is 32.8. The molecule has 0 radical (unpaired) electrons. The molecule has 0 saturated heterocycles. The number of hydrogen-bond donors (Lipinski definition) is 1. The summed E-state index contributed by atoms with van der Waals surface area (Å²) in [6, 6.07) is 10.9. The van der Waals surface area contributed by atoms with Gasteiger partial charge in [0, 0.05) is 24.1 Å². The molecule has 1 unspecified atom stereocenters. The van der Waals surface area contributed by atoms with E-state index < -0.39 is 25.5 Å². The van der Waals surface area contributed by atoms with Crippen LogP contribution in [0, 0.1) is 10.1 Å². The van der Waals surface area contributed by atoms with Crippen LogP contribution in [0.15, 0.2) is 47.4 Å². The zero-order valence-electron chi connectivity index (χ0n) is 12.3. The Morgan fingerprint density at radius 3 is 2.75 bits per heavy atom. The van der Waals surface area contributed by atoms with Crippen LogP contribution in [0.4, 0.5) is 5.69 Å². The number of hydrogen-bond acceptors (Lipinski definition) is 5. The first-order valence-electron chi connectivity index (χ1n) is 7.05. The number of halogens is 1. The molecule has 0 aliphatic carbocycles. The highest BCUT2D eigenvalue weighted by molar-refractivity contribution is 7.89. The van der Waals surface area contributed by atoms with E-state index in [1.54, 1.807) is 0 Å². The number of ether oxygens (including phenoxy) is 1. The summed E-state index contributed by atoms with van der Waals surface area (Å²) in [7, 11) is -4.06. The van der Waals surface area contributed by atoms with Gasteiger partial charge in [-0.05, 0) is 23.8 Å². The van der Waals surface area contributed by atoms with Gasteiger partial charge in [0.05, 0.1) is 4.92 Å². The van der Waals surface area contributed by atoms with Gasteiger partial charge in [-0.2, -0.15) is 0 Å². The minimum atomic E-state index is -4.06. The van der Waals surface area contributed by atoms with Gasteiger partial charge in [0.1, 0.15) is 11.9 Å². The van der Waals surface area contributed by atoms with Gasteiger partial charge in [-0.1, -0.05) is 29.8 Å². The monoisotopic (exact) mass is 368 g/mol. The van der Waals surface area contributed by atoms with Crippen LogP contribution < -0.4 is 9.46 Å². The molecule has 3 rings (SSSR count). The van der Waals surface area contributed by atoms with Crippen LogP contribution in [0.25, 0.3) is 0 Å². The average Bonchev–Trinajstić information content (AvgIpc) is 2.95. The highest BCUT2D eigenvalue weighted by Crippen LogP contribution is 2.29. The zero-order chi connectivity index (χ0) is 17.3. The van der Waals surface area contributed by atoms with E-state index >= 15 is 0 Å². The Morgan fingerprint density at radius 2 is 2.04 bits per heavy atom. The van der Waals surface area contributed by atoms with Gasteiger partial charge in [-0.3, -0.25) is 10.1 Å². The summed E-state index contributed by atoms with van der Waals surface area (Å²) >= 11 is 5.70. The minimum Gasteiger partial charge on any atom is -0.488 e. The molecule has 0 bridgehead atoms. The number of fused-ring (bicyclic) bond motifs is 1. The summed E-state index contributed by atoms with van der Waals surface area (Å²) in [5.74, 6) is 0.721. The highest BCUT2D eigenvalue weighted by atomic mass is 35.5. The molecule has 9 heteroatoms. The lowest BCUT2D eigenvalue weighted by atomic mass is 10.1. The van der Waals surface area contributed by atoms with E-state index in [1.165, 1.54) is 6.07 Å². The molecule has 0 amide bonds. The molecule has 24 heavy (non-hydrogen) atoms. The van der Waals surface area contributed by atoms with E-state index in [4.69, 9.17) is 16.3 Å². The maximum Gasteiger partial charge on any atom is 0.290 e. The van der Waals surface area contributed by atoms with Crippen LogP contribution in [-0.4, -0.2) is 26.0 Å². The van der Waals surface area contributed by atoms with Crippen molar-refractivity contribution < 1.29 is 18.1 Å². The normalized spacial score (nSPS) is 16.5. The third-order valence-electron chi connectivity index (χ3n) is 3.62. The van der Waals surface area contributed by atoms with Crippen LogP contribution in [0.3, 0.4) is 0 Å². The molecule has 0 aromatic heterocycles. The van der Waals surface area contributed by atoms with E-state index in [-0.39, 0.29) is 17.7 Å². The van der Waals surface area contributed by atoms with E-state index in [0.717, 1.165) is 23.4 Å². The van der Waals surface area contributed by atoms with Gasteiger partial charge >= 0.3 is 0 Å². The first-order valence-corrected chi connectivity index (χ1v) is 8.91. The zero-order valence-corrected chi connectivity index (χ0v) is 13.9. The molecule has 1 aliphatic rings. The summed E-state index contributed by atoms with van der Waals surface area (Å²) in [5, 5.41) is 11.2. The molecule has 1 N–H and O–H groups in total. The average molecular weight is 369 g/mol. The van der Waals surface area contributed by atoms with Gasteiger partial charge in [0.2, 0.25) is 10.0 Å². The number of nitrogens with one attached hydrogen (secondary N) is 1. The topological polar surface area (TPSA) is 98.5 Å². The van der Waals surface area contributed by atoms with Crippen molar-refractivity contribution in [3.05, 3.63) is 63.2 Å². The SMILES string of the molecule is O=[N+]([O-])c1cc(Cl)ccc1S(=O)(=O)NCC1Cc2ccccc2O1. The lowest BCUT2D eigenvalue weighted by Crippen LogP contribution is -2.34. The molecule has 1 heterocycles. The maximum atomic E-state index is 12.4. The number of nitrogens with zero attached hydrogens (tertiary/aromatic N) is 1. The lowest BCUT2D eigenvalue weighted by Gasteiger charge is -2.12. The molecule has 0 fully saturated rings. The van der Waals surface area contributed by atoms with Gasteiger partial charge in [0.25, 0.3) is 5.69 Å². The quantitative estimate of drug-likeness (QED) is 0.645. The van der Waals surface area contributed by atoms with Gasteiger partial charge in [-0.25, -0.2) is 13.1 Å². The summed E-state index contributed by atoms with van der Waals surface area (Å²) in [4.78, 5) is 9.86. The third-order valence-corrected chi connectivity index (χ3v) is 5.33. The van der Waals surface area contributed by atoms with Crippen molar-refractivity contribution in [1.82, 2.24) is 4.72 Å². The largest absolute Gasteiger partial charge is 0.488 e. The molecule has 2 aromatic rings. The molecule has 126 valence electrons. The number of benzene rings is 2. The minimum absolute atomic E-state index is 0.0107. The van der Waals surface area contributed by atoms with Crippen molar-refractivity contribution in [2.75, 3.05) is 6.54 Å². The summed E-state index contributed by atoms with van der Waals surface area (Å²) in [6.07, 6.45) is 0.213. The van der Waals surface area contributed by atoms with E-state index in [0.29, 0.717) is 6.42 Å². The van der Waals surface area contributed by atoms with Crippen LogP contribution in [0.2, 0.25) is 5.02 Å². The molecule has 2 aromatic carbocycles. The fourth-order valence-corrected chi connectivity index (χ4v) is 3.89. The lowest BCUT2D eigenvalue weighted by molar-refractivity contribution is -0.387. The highest BCUT2D eigenvalue weighted by Gasteiger charge is 2.29. The molecule has 0 saturated carbocycles. The Morgan fingerprint density at radius 1 is 1.29 bits per heavy atom. The number of nitro groups is 1. The Labute approximate surface area is 143 Å². The number of sulfonamides is 1. The molecule has 7 nitrogen and oxygen atoms in total. The van der Waals surface area contributed by atoms with Crippen LogP contribution in [0.5, 0.6) is 5.75 Å². The van der Waals surface area contributed by atoms with Crippen LogP contribution in [-0.2, 0) is 16.4 Å². The summed E-state index contributed by atoms with van der Waals surface area (Å²) in [6.45, 7) is 0.0107. The van der Waals surface area contributed by atoms with E-state index in [1.807, 2.05) is 24.3 Å². The van der Waals surface area contributed by atoms with Gasteiger partial charge in [0.15, 0.2) is 4.90 Å². The Kier molecular flexibility index (Phi) is 4.44. The predicted molar refractivity (Wildman–Crippen MR) is 87.9 cm³/mol.